The molecule has 3 rings (SSSR count). The topological polar surface area (TPSA) is 115 Å². The number of rotatable bonds is 5. The minimum atomic E-state index is -0.566. The van der Waals surface area contributed by atoms with Gasteiger partial charge in [-0.2, -0.15) is 0 Å². The fraction of sp³-hybridized carbons (Fsp3) is 0.167. The zero-order valence-electron chi connectivity index (χ0n) is 15.3. The first-order chi connectivity index (χ1) is 13.5. The fourth-order valence-electron chi connectivity index (χ4n) is 2.35. The van der Waals surface area contributed by atoms with E-state index in [1.165, 1.54) is 29.9 Å². The fourth-order valence-corrected chi connectivity index (χ4v) is 3.31. The number of nitrogens with one attached hydrogen (secondary N) is 2. The van der Waals surface area contributed by atoms with Gasteiger partial charge in [0.05, 0.1) is 26.1 Å². The molecule has 0 atom stereocenters. The lowest BCUT2D eigenvalue weighted by Crippen LogP contribution is -2.41. The van der Waals surface area contributed by atoms with Crippen molar-refractivity contribution in [3.8, 4) is 22.1 Å². The van der Waals surface area contributed by atoms with Gasteiger partial charge in [-0.3, -0.25) is 25.4 Å². The average molecular weight is 399 g/mol. The number of amides is 2. The lowest BCUT2D eigenvalue weighted by atomic mass is 10.2. The molecular formula is C18H17N5O4S. The largest absolute Gasteiger partial charge is 0.493 e. The molecule has 0 unspecified atom stereocenters. The van der Waals surface area contributed by atoms with Crippen LogP contribution in [0.5, 0.6) is 11.5 Å². The van der Waals surface area contributed by atoms with Gasteiger partial charge in [0.2, 0.25) is 0 Å². The highest BCUT2D eigenvalue weighted by Gasteiger charge is 2.18. The third-order valence-corrected chi connectivity index (χ3v) is 4.92. The predicted molar refractivity (Wildman–Crippen MR) is 102 cm³/mol. The Labute approximate surface area is 164 Å². The summed E-state index contributed by atoms with van der Waals surface area (Å²) in [6.45, 7) is 1.72. The Bertz CT molecular complexity index is 1010. The molecule has 2 amide bonds. The summed E-state index contributed by atoms with van der Waals surface area (Å²) in [5.74, 6) is 0.127. The Morgan fingerprint density at radius 1 is 1.04 bits per heavy atom. The number of hydrogen-bond donors (Lipinski definition) is 2. The van der Waals surface area contributed by atoms with Crippen molar-refractivity contribution in [1.82, 2.24) is 25.8 Å². The first kappa shape index (κ1) is 19.2. The van der Waals surface area contributed by atoms with E-state index in [1.807, 2.05) is 6.07 Å². The zero-order chi connectivity index (χ0) is 20.1. The third-order valence-electron chi connectivity index (χ3n) is 3.72. The van der Waals surface area contributed by atoms with Crippen molar-refractivity contribution in [3.63, 3.8) is 0 Å². The van der Waals surface area contributed by atoms with E-state index in [9.17, 15) is 9.59 Å². The van der Waals surface area contributed by atoms with Gasteiger partial charge in [0.15, 0.2) is 11.5 Å². The number of hydrogen-bond acceptors (Lipinski definition) is 8. The van der Waals surface area contributed by atoms with E-state index < -0.39 is 11.8 Å². The SMILES string of the molecule is COc1ccc(-c2nc(C)c(C(=O)NNC(=O)c3cnccn3)s2)cc1OC. The minimum Gasteiger partial charge on any atom is -0.493 e. The zero-order valence-corrected chi connectivity index (χ0v) is 16.2. The number of hydrazine groups is 1. The molecule has 0 saturated heterocycles. The second-order valence-corrected chi connectivity index (χ2v) is 6.50. The highest BCUT2D eigenvalue weighted by Crippen LogP contribution is 2.34. The van der Waals surface area contributed by atoms with Crippen LogP contribution in [0.25, 0.3) is 10.6 Å². The van der Waals surface area contributed by atoms with E-state index in [4.69, 9.17) is 9.47 Å². The molecule has 2 heterocycles. The molecule has 0 radical (unpaired) electrons. The Kier molecular flexibility index (Phi) is 5.80. The van der Waals surface area contributed by atoms with E-state index in [0.29, 0.717) is 27.1 Å². The normalized spacial score (nSPS) is 10.2. The quantitative estimate of drug-likeness (QED) is 0.631. The minimum absolute atomic E-state index is 0.0924. The smallest absolute Gasteiger partial charge is 0.289 e. The number of aromatic nitrogens is 3. The maximum Gasteiger partial charge on any atom is 0.289 e. The number of nitrogens with zero attached hydrogens (tertiary/aromatic N) is 3. The summed E-state index contributed by atoms with van der Waals surface area (Å²) in [5.41, 5.74) is 6.09. The summed E-state index contributed by atoms with van der Waals surface area (Å²) in [6, 6.07) is 5.39. The molecule has 9 nitrogen and oxygen atoms in total. The molecule has 2 N–H and O–H groups in total. The van der Waals surface area contributed by atoms with Crippen LogP contribution >= 0.6 is 11.3 Å². The highest BCUT2D eigenvalue weighted by molar-refractivity contribution is 7.17. The molecule has 10 heteroatoms. The van der Waals surface area contributed by atoms with Crippen molar-refractivity contribution >= 4 is 23.2 Å². The van der Waals surface area contributed by atoms with Crippen LogP contribution in [-0.2, 0) is 0 Å². The summed E-state index contributed by atoms with van der Waals surface area (Å²) in [6.07, 6.45) is 4.14. The molecule has 1 aromatic carbocycles. The van der Waals surface area contributed by atoms with Crippen LogP contribution < -0.4 is 20.3 Å². The summed E-state index contributed by atoms with van der Waals surface area (Å²) < 4.78 is 10.5. The van der Waals surface area contributed by atoms with Gasteiger partial charge in [-0.05, 0) is 25.1 Å². The second-order valence-electron chi connectivity index (χ2n) is 5.50. The highest BCUT2D eigenvalue weighted by atomic mass is 32.1. The standard InChI is InChI=1S/C18H17N5O4S/c1-10-15(17(25)23-22-16(24)12-9-19-6-7-20-12)28-18(21-10)11-4-5-13(26-2)14(8-11)27-3/h4-9H,1-3H3,(H,22,24)(H,23,25). The van der Waals surface area contributed by atoms with Crippen LogP contribution in [0.4, 0.5) is 0 Å². The van der Waals surface area contributed by atoms with Crippen molar-refractivity contribution in [1.29, 1.82) is 0 Å². The van der Waals surface area contributed by atoms with Gasteiger partial charge in [0, 0.05) is 18.0 Å². The molecule has 0 bridgehead atoms. The number of ether oxygens (including phenoxy) is 2. The lowest BCUT2D eigenvalue weighted by Gasteiger charge is -2.08. The molecular weight excluding hydrogens is 382 g/mol. The van der Waals surface area contributed by atoms with E-state index >= 15 is 0 Å². The van der Waals surface area contributed by atoms with Crippen LogP contribution in [-0.4, -0.2) is 41.0 Å². The van der Waals surface area contributed by atoms with Crippen LogP contribution in [0.3, 0.4) is 0 Å². The van der Waals surface area contributed by atoms with Gasteiger partial charge >= 0.3 is 0 Å². The van der Waals surface area contributed by atoms with Gasteiger partial charge in [0.1, 0.15) is 15.6 Å². The summed E-state index contributed by atoms with van der Waals surface area (Å²) in [7, 11) is 3.11. The molecule has 3 aromatic rings. The maximum absolute atomic E-state index is 12.4. The van der Waals surface area contributed by atoms with Crippen molar-refractivity contribution in [3.05, 3.63) is 53.1 Å². The van der Waals surface area contributed by atoms with Gasteiger partial charge in [-0.25, -0.2) is 9.97 Å². The first-order valence-corrected chi connectivity index (χ1v) is 8.91. The first-order valence-electron chi connectivity index (χ1n) is 8.10. The van der Waals surface area contributed by atoms with Crippen LogP contribution in [0, 0.1) is 6.92 Å². The average Bonchev–Trinajstić information content (AvgIpc) is 3.13. The number of benzene rings is 1. The van der Waals surface area contributed by atoms with Crippen LogP contribution in [0.1, 0.15) is 25.9 Å². The lowest BCUT2D eigenvalue weighted by molar-refractivity contribution is 0.0845. The van der Waals surface area contributed by atoms with Crippen molar-refractivity contribution in [2.75, 3.05) is 14.2 Å². The third kappa shape index (κ3) is 4.07. The molecule has 0 aliphatic heterocycles. The van der Waals surface area contributed by atoms with E-state index in [1.54, 1.807) is 33.3 Å². The Morgan fingerprint density at radius 3 is 2.46 bits per heavy atom. The Balaban J connectivity index is 1.75. The number of thiazole rings is 1. The van der Waals surface area contributed by atoms with E-state index in [-0.39, 0.29) is 5.69 Å². The maximum atomic E-state index is 12.4. The summed E-state index contributed by atoms with van der Waals surface area (Å²) >= 11 is 1.20. The van der Waals surface area contributed by atoms with Crippen LogP contribution in [0.15, 0.2) is 36.8 Å². The van der Waals surface area contributed by atoms with Crippen molar-refractivity contribution in [2.24, 2.45) is 0 Å². The number of carbonyl (C=O) groups excluding carboxylic acids is 2. The molecule has 0 spiro atoms. The van der Waals surface area contributed by atoms with Crippen LogP contribution in [0.2, 0.25) is 0 Å². The van der Waals surface area contributed by atoms with Crippen molar-refractivity contribution < 1.29 is 19.1 Å². The van der Waals surface area contributed by atoms with Gasteiger partial charge in [0.25, 0.3) is 11.8 Å². The number of methoxy groups -OCH3 is 2. The molecule has 0 aliphatic carbocycles. The molecule has 0 aliphatic rings. The Morgan fingerprint density at radius 2 is 1.79 bits per heavy atom. The molecule has 144 valence electrons. The van der Waals surface area contributed by atoms with E-state index in [2.05, 4.69) is 25.8 Å². The predicted octanol–water partition coefficient (Wildman–Crippen LogP) is 2.00. The number of aryl methyl sites for hydroxylation is 1. The molecule has 28 heavy (non-hydrogen) atoms. The Hall–Kier alpha value is -3.53. The summed E-state index contributed by atoms with van der Waals surface area (Å²) in [4.78, 5) is 36.9. The van der Waals surface area contributed by atoms with Gasteiger partial charge in [-0.15, -0.1) is 11.3 Å². The van der Waals surface area contributed by atoms with Crippen molar-refractivity contribution in [2.45, 2.75) is 6.92 Å². The van der Waals surface area contributed by atoms with Gasteiger partial charge in [-0.1, -0.05) is 0 Å². The molecule has 2 aromatic heterocycles. The van der Waals surface area contributed by atoms with Gasteiger partial charge < -0.3 is 9.47 Å². The molecule has 0 saturated carbocycles. The monoisotopic (exact) mass is 399 g/mol. The number of carbonyl (C=O) groups is 2. The van der Waals surface area contributed by atoms with E-state index in [0.717, 1.165) is 5.56 Å². The second kappa shape index (κ2) is 8.44. The molecule has 0 fully saturated rings. The summed E-state index contributed by atoms with van der Waals surface area (Å²) in [5, 5.41) is 0.642.